The molecule has 0 spiro atoms. The van der Waals surface area contributed by atoms with Crippen molar-refractivity contribution >= 4 is 11.8 Å². The Bertz CT molecular complexity index is 232. The summed E-state index contributed by atoms with van der Waals surface area (Å²) < 4.78 is 0. The number of allylic oxidation sites excluding steroid dienone is 3. The molecule has 0 aromatic heterocycles. The van der Waals surface area contributed by atoms with E-state index >= 15 is 0 Å². The number of hydrogen-bond donors (Lipinski definition) is 2. The van der Waals surface area contributed by atoms with E-state index in [4.69, 9.17) is 10.2 Å². The van der Waals surface area contributed by atoms with Crippen LogP contribution in [0.25, 0.3) is 0 Å². The molecule has 66 valence electrons. The molecular weight excluding hydrogens is 160 g/mol. The highest BCUT2D eigenvalue weighted by Crippen LogP contribution is 1.96. The van der Waals surface area contributed by atoms with Crippen LogP contribution in [0, 0.1) is 0 Å². The zero-order valence-corrected chi connectivity index (χ0v) is 6.87. The maximum absolute atomic E-state index is 10.6. The second-order valence-electron chi connectivity index (χ2n) is 2.26. The van der Waals surface area contributed by atoms with E-state index in [9.17, 15) is 9.59 Å². The van der Waals surface area contributed by atoms with Crippen LogP contribution in [0.2, 0.25) is 0 Å². The average molecular weight is 170 g/mol. The molecule has 0 aromatic carbocycles. The predicted molar refractivity (Wildman–Crippen MR) is 42.8 cm³/mol. The van der Waals surface area contributed by atoms with Crippen LogP contribution in [0.15, 0.2) is 23.5 Å². The Labute approximate surface area is 69.8 Å². The Morgan fingerprint density at radius 2 is 1.58 bits per heavy atom. The summed E-state index contributed by atoms with van der Waals surface area (Å²) in [6.45, 7) is 2.89. The number of aliphatic hydroxyl groups is 1. The van der Waals surface area contributed by atoms with Crippen LogP contribution >= 0.6 is 0 Å². The summed E-state index contributed by atoms with van der Waals surface area (Å²) in [5.41, 5.74) is 0.391. The van der Waals surface area contributed by atoms with Crippen LogP contribution < -0.4 is 0 Å². The lowest BCUT2D eigenvalue weighted by Crippen LogP contribution is -1.98. The van der Waals surface area contributed by atoms with Crippen molar-refractivity contribution in [3.63, 3.8) is 0 Å². The second kappa shape index (κ2) is 4.33. The Hall–Kier alpha value is -1.58. The first-order valence-corrected chi connectivity index (χ1v) is 3.27. The standard InChI is InChI=1S/C8H10O4/c1-5(6(2)9)3-4-7(10)8(11)12/h3-4,10H,1-2H3,(H,11,12)/b5-3+,7-4-. The summed E-state index contributed by atoms with van der Waals surface area (Å²) in [4.78, 5) is 20.6. The second-order valence-corrected chi connectivity index (χ2v) is 2.26. The SMILES string of the molecule is CC(=O)/C(C)=C/C=C(\O)C(=O)O. The molecule has 0 bridgehead atoms. The van der Waals surface area contributed by atoms with E-state index in [1.54, 1.807) is 0 Å². The molecule has 0 atom stereocenters. The van der Waals surface area contributed by atoms with E-state index in [1.807, 2.05) is 0 Å². The van der Waals surface area contributed by atoms with Crippen LogP contribution in [-0.2, 0) is 9.59 Å². The van der Waals surface area contributed by atoms with E-state index in [2.05, 4.69) is 0 Å². The fourth-order valence-electron chi connectivity index (χ4n) is 0.393. The number of carbonyl (C=O) groups excluding carboxylic acids is 1. The maximum Gasteiger partial charge on any atom is 0.370 e. The number of hydrogen-bond acceptors (Lipinski definition) is 3. The van der Waals surface area contributed by atoms with Gasteiger partial charge in [0.15, 0.2) is 5.78 Å². The van der Waals surface area contributed by atoms with Gasteiger partial charge < -0.3 is 10.2 Å². The van der Waals surface area contributed by atoms with Crippen LogP contribution in [0.4, 0.5) is 0 Å². The summed E-state index contributed by atoms with van der Waals surface area (Å²) in [7, 11) is 0. The number of rotatable bonds is 3. The first-order chi connectivity index (χ1) is 5.45. The molecule has 0 fully saturated rings. The predicted octanol–water partition coefficient (Wildman–Crippen LogP) is 1.05. The largest absolute Gasteiger partial charge is 0.502 e. The molecule has 0 saturated carbocycles. The monoisotopic (exact) mass is 170 g/mol. The van der Waals surface area contributed by atoms with Crippen molar-refractivity contribution in [2.75, 3.05) is 0 Å². The van der Waals surface area contributed by atoms with Gasteiger partial charge in [0.05, 0.1) is 0 Å². The smallest absolute Gasteiger partial charge is 0.370 e. The highest BCUT2D eigenvalue weighted by molar-refractivity contribution is 5.93. The first kappa shape index (κ1) is 10.4. The molecule has 0 heterocycles. The van der Waals surface area contributed by atoms with Gasteiger partial charge in [-0.2, -0.15) is 0 Å². The van der Waals surface area contributed by atoms with Gasteiger partial charge in [-0.15, -0.1) is 0 Å². The Kier molecular flexibility index (Phi) is 3.76. The zero-order valence-electron chi connectivity index (χ0n) is 6.87. The summed E-state index contributed by atoms with van der Waals surface area (Å²) >= 11 is 0. The molecule has 4 nitrogen and oxygen atoms in total. The molecule has 4 heteroatoms. The lowest BCUT2D eigenvalue weighted by molar-refractivity contribution is -0.135. The number of aliphatic hydroxyl groups excluding tert-OH is 1. The van der Waals surface area contributed by atoms with Gasteiger partial charge in [-0.3, -0.25) is 4.79 Å². The molecule has 0 amide bonds. The van der Waals surface area contributed by atoms with Gasteiger partial charge in [-0.1, -0.05) is 6.08 Å². The number of carboxylic acid groups (broad SMARTS) is 1. The number of aliphatic carboxylic acids is 1. The average Bonchev–Trinajstić information content (AvgIpc) is 1.98. The van der Waals surface area contributed by atoms with Gasteiger partial charge in [0, 0.05) is 0 Å². The van der Waals surface area contributed by atoms with Crippen molar-refractivity contribution in [3.05, 3.63) is 23.5 Å². The topological polar surface area (TPSA) is 74.6 Å². The Morgan fingerprint density at radius 1 is 1.08 bits per heavy atom. The molecule has 0 rings (SSSR count). The zero-order chi connectivity index (χ0) is 9.72. The number of carboxylic acids is 1. The van der Waals surface area contributed by atoms with Gasteiger partial charge >= 0.3 is 5.97 Å². The summed E-state index contributed by atoms with van der Waals surface area (Å²) in [6.07, 6.45) is 2.23. The van der Waals surface area contributed by atoms with E-state index in [0.717, 1.165) is 6.08 Å². The molecule has 0 aliphatic rings. The van der Waals surface area contributed by atoms with Crippen LogP contribution in [0.1, 0.15) is 13.8 Å². The number of carbonyl (C=O) groups is 2. The summed E-state index contributed by atoms with van der Waals surface area (Å²) in [6, 6.07) is 0. The van der Waals surface area contributed by atoms with E-state index in [0.29, 0.717) is 5.57 Å². The van der Waals surface area contributed by atoms with Crippen molar-refractivity contribution < 1.29 is 19.8 Å². The third-order valence-electron chi connectivity index (χ3n) is 1.27. The van der Waals surface area contributed by atoms with E-state index in [-0.39, 0.29) is 5.78 Å². The minimum absolute atomic E-state index is 0.163. The fourth-order valence-corrected chi connectivity index (χ4v) is 0.393. The number of ketones is 1. The Balaban J connectivity index is 4.48. The van der Waals surface area contributed by atoms with Crippen molar-refractivity contribution in [2.45, 2.75) is 13.8 Å². The highest BCUT2D eigenvalue weighted by Gasteiger charge is 2.01. The van der Waals surface area contributed by atoms with Crippen molar-refractivity contribution in [2.24, 2.45) is 0 Å². The van der Waals surface area contributed by atoms with Gasteiger partial charge in [-0.25, -0.2) is 4.79 Å². The molecule has 0 unspecified atom stereocenters. The van der Waals surface area contributed by atoms with Crippen molar-refractivity contribution in [1.82, 2.24) is 0 Å². The molecule has 12 heavy (non-hydrogen) atoms. The normalized spacial score (nSPS) is 12.8. The van der Waals surface area contributed by atoms with Crippen molar-refractivity contribution in [3.8, 4) is 0 Å². The van der Waals surface area contributed by atoms with Crippen LogP contribution in [0.3, 0.4) is 0 Å². The molecule has 0 radical (unpaired) electrons. The number of Topliss-reactive ketones (excluding diaryl/α,β-unsaturated/α-hetero) is 1. The third-order valence-corrected chi connectivity index (χ3v) is 1.27. The lowest BCUT2D eigenvalue weighted by Gasteiger charge is -1.90. The minimum atomic E-state index is -1.41. The quantitative estimate of drug-likeness (QED) is 0.377. The molecule has 2 N–H and O–H groups in total. The lowest BCUT2D eigenvalue weighted by atomic mass is 10.2. The molecular formula is C8H10O4. The van der Waals surface area contributed by atoms with Gasteiger partial charge in [0.2, 0.25) is 5.76 Å². The highest BCUT2D eigenvalue weighted by atomic mass is 16.4. The molecule has 0 saturated heterocycles. The molecule has 0 aliphatic heterocycles. The van der Waals surface area contributed by atoms with E-state index < -0.39 is 11.7 Å². The van der Waals surface area contributed by atoms with E-state index in [1.165, 1.54) is 19.9 Å². The fraction of sp³-hybridized carbons (Fsp3) is 0.250. The summed E-state index contributed by atoms with van der Waals surface area (Å²) in [5, 5.41) is 16.9. The third kappa shape index (κ3) is 3.55. The Morgan fingerprint density at radius 3 is 1.92 bits per heavy atom. The van der Waals surface area contributed by atoms with Gasteiger partial charge in [0.25, 0.3) is 0 Å². The van der Waals surface area contributed by atoms with Crippen LogP contribution in [0.5, 0.6) is 0 Å². The van der Waals surface area contributed by atoms with Crippen molar-refractivity contribution in [1.29, 1.82) is 0 Å². The summed E-state index contributed by atoms with van der Waals surface area (Å²) in [5.74, 6) is -2.36. The molecule has 0 aromatic rings. The first-order valence-electron chi connectivity index (χ1n) is 3.27. The van der Waals surface area contributed by atoms with Gasteiger partial charge in [-0.05, 0) is 25.5 Å². The minimum Gasteiger partial charge on any atom is -0.502 e. The maximum atomic E-state index is 10.6. The molecule has 0 aliphatic carbocycles. The van der Waals surface area contributed by atoms with Crippen LogP contribution in [-0.4, -0.2) is 22.0 Å². The van der Waals surface area contributed by atoms with Gasteiger partial charge in [0.1, 0.15) is 0 Å².